The van der Waals surface area contributed by atoms with Crippen LogP contribution in [0, 0.1) is 39.3 Å². The van der Waals surface area contributed by atoms with Crippen molar-refractivity contribution in [3.63, 3.8) is 0 Å². The number of aromatic nitrogens is 8. The first-order chi connectivity index (χ1) is 59.4. The molecule has 13 aromatic carbocycles. The zero-order valence-electron chi connectivity index (χ0n) is 74.6. The Labute approximate surface area is 727 Å². The largest absolute Gasteiger partial charge is 0.294 e. The maximum atomic E-state index is 14.0. The molecular weight excluding hydrogens is 1510 g/mol. The lowest BCUT2D eigenvalue weighted by Crippen LogP contribution is -2.29. The van der Waals surface area contributed by atoms with E-state index in [9.17, 15) is 8.78 Å². The fourth-order valence-corrected chi connectivity index (χ4v) is 17.2. The Morgan fingerprint density at radius 3 is 0.805 bits per heavy atom. The molecule has 0 radical (unpaired) electrons. The highest BCUT2D eigenvalue weighted by molar-refractivity contribution is 5.89. The van der Waals surface area contributed by atoms with Crippen molar-refractivity contribution in [2.45, 2.75) is 127 Å². The second-order valence-electron chi connectivity index (χ2n) is 34.0. The van der Waals surface area contributed by atoms with Gasteiger partial charge in [0.25, 0.3) is 23.3 Å². The Morgan fingerprint density at radius 1 is 0.220 bits per heavy atom. The second-order valence-corrected chi connectivity index (χ2v) is 34.0. The average molecular weight is 1620 g/mol. The molecule has 0 fully saturated rings. The van der Waals surface area contributed by atoms with Crippen LogP contribution in [0.15, 0.2) is 347 Å². The van der Waals surface area contributed by atoms with Crippen molar-refractivity contribution in [1.82, 2.24) is 18.3 Å². The summed E-state index contributed by atoms with van der Waals surface area (Å²) in [6, 6.07) is 103. The normalized spacial score (nSPS) is 11.3. The lowest BCUT2D eigenvalue weighted by atomic mass is 9.88. The van der Waals surface area contributed by atoms with Crippen molar-refractivity contribution < 1.29 is 27.0 Å². The van der Waals surface area contributed by atoms with E-state index in [0.29, 0.717) is 29.6 Å². The monoisotopic (exact) mass is 1620 g/mol. The lowest BCUT2D eigenvalue weighted by Gasteiger charge is -2.20. The van der Waals surface area contributed by atoms with Crippen molar-refractivity contribution in [2.75, 3.05) is 0 Å². The average Bonchev–Trinajstić information content (AvgIpc) is 1.72. The van der Waals surface area contributed by atoms with Crippen LogP contribution in [0.2, 0.25) is 0 Å². The van der Waals surface area contributed by atoms with Crippen LogP contribution in [0.5, 0.6) is 0 Å². The van der Waals surface area contributed by atoms with Crippen molar-refractivity contribution in [2.24, 2.45) is 28.2 Å². The maximum absolute atomic E-state index is 14.0. The first-order valence-electron chi connectivity index (χ1n) is 43.2. The number of hydrogen-bond donors (Lipinski definition) is 0. The molecule has 0 aliphatic rings. The van der Waals surface area contributed by atoms with Crippen LogP contribution in [0.3, 0.4) is 0 Å². The fraction of sp³-hybridized carbons (Fsp3) is 0.204. The van der Waals surface area contributed by atoms with E-state index >= 15 is 0 Å². The third-order valence-corrected chi connectivity index (χ3v) is 23.6. The van der Waals surface area contributed by atoms with Crippen molar-refractivity contribution >= 4 is 0 Å². The zero-order chi connectivity index (χ0) is 86.9. The number of para-hydroxylation sites is 2. The topological polar surface area (TPSA) is 35.2 Å². The van der Waals surface area contributed by atoms with Gasteiger partial charge in [-0.3, -0.25) is 0 Å². The Morgan fingerprint density at radius 2 is 0.488 bits per heavy atom. The Hall–Kier alpha value is -13.4. The van der Waals surface area contributed by atoms with Gasteiger partial charge in [-0.15, -0.1) is 0 Å². The van der Waals surface area contributed by atoms with Gasteiger partial charge in [-0.1, -0.05) is 294 Å². The van der Waals surface area contributed by atoms with Gasteiger partial charge in [-0.25, -0.2) is 27.0 Å². The number of rotatable bonds is 18. The van der Waals surface area contributed by atoms with Gasteiger partial charge in [-0.2, -0.15) is 18.3 Å². The Balaban J connectivity index is 0.000000134. The quantitative estimate of drug-likeness (QED) is 0.0768. The minimum absolute atomic E-state index is 0.197. The standard InChI is InChI=1S/C32H30FN2.C29H25N2.C29H33N2.C23H28FN2/c1-22(2)26-20-29(24-11-7-5-8-12-24)31(30(21-26)25-13-9-6-10-14-25)35-18-17-34(4)32(35)28-16-15-27(33)19-23(28)3;1-22-12-9-10-17-25(22)29-30(2)20-21-31(29)28-26(23-13-5-3-6-14-23)18-11-19-27(28)24-15-7-4-8-16-24;1-20(2)26-18-24(23-13-8-7-9-14-23)19-27(21(3)4)28(26)31-17-16-30(6)29(31)25-15-11-10-12-22(25)5;1-15(2)19-8-7-9-20(16(3)4)22(19)26-13-12-25(6)23(26)21-11-10-18(24)14-17(21)5/h5-22H,1-4H3;3-21H,1-2H3;7-21H,1-6H3;7-16H,1-6H3/q4*+1. The van der Waals surface area contributed by atoms with Gasteiger partial charge < -0.3 is 0 Å². The number of halogens is 2. The molecule has 0 saturated carbocycles. The highest BCUT2D eigenvalue weighted by atomic mass is 19.1. The van der Waals surface area contributed by atoms with E-state index in [1.54, 1.807) is 12.1 Å². The molecule has 4 heterocycles. The summed E-state index contributed by atoms with van der Waals surface area (Å²) in [5, 5.41) is 0. The predicted octanol–water partition coefficient (Wildman–Crippen LogP) is 27.3. The smallest absolute Gasteiger partial charge is 0.232 e. The van der Waals surface area contributed by atoms with Crippen LogP contribution in [-0.4, -0.2) is 18.3 Å². The van der Waals surface area contributed by atoms with Gasteiger partial charge in [0, 0.05) is 44.5 Å². The van der Waals surface area contributed by atoms with E-state index in [1.165, 1.54) is 147 Å². The third-order valence-electron chi connectivity index (χ3n) is 23.6. The molecule has 0 spiro atoms. The molecule has 0 bridgehead atoms. The molecule has 4 aromatic heterocycles. The van der Waals surface area contributed by atoms with Crippen molar-refractivity contribution in [3.05, 3.63) is 409 Å². The van der Waals surface area contributed by atoms with Crippen LogP contribution in [0.1, 0.15) is 149 Å². The van der Waals surface area contributed by atoms with E-state index < -0.39 is 0 Å². The van der Waals surface area contributed by atoms with E-state index in [1.807, 2.05) is 40.1 Å². The summed E-state index contributed by atoms with van der Waals surface area (Å²) in [6.45, 7) is 30.9. The van der Waals surface area contributed by atoms with Gasteiger partial charge in [0.05, 0.1) is 50.4 Å². The number of aryl methyl sites for hydroxylation is 8. The SMILES string of the molecule is Cc1cc(F)ccc1-c1n(-c2c(-c3ccccc3)cc(C(C)C)cc2-c2ccccc2)cc[n+]1C.Cc1cc(F)ccc1-c1n(-c2c(C(C)C)cccc2C(C)C)cc[n+]1C.Cc1ccccc1-c1n(-c2c(-c3ccccc3)cccc2-c2ccccc2)cc[n+]1C.Cc1ccccc1-c1n(-c2c(C(C)C)cc(-c3ccccc3)cc2C(C)C)cc[n+]1C. The van der Waals surface area contributed by atoms with Crippen LogP contribution in [-0.2, 0) is 28.2 Å². The van der Waals surface area contributed by atoms with Crippen LogP contribution in [0.25, 0.3) is 124 Å². The van der Waals surface area contributed by atoms with Crippen LogP contribution in [0.4, 0.5) is 8.78 Å². The van der Waals surface area contributed by atoms with Gasteiger partial charge in [0.1, 0.15) is 84.0 Å². The highest BCUT2D eigenvalue weighted by Crippen LogP contribution is 2.44. The van der Waals surface area contributed by atoms with Gasteiger partial charge in [0.2, 0.25) is 0 Å². The highest BCUT2D eigenvalue weighted by Gasteiger charge is 2.33. The molecule has 0 aliphatic carbocycles. The minimum Gasteiger partial charge on any atom is -0.232 e. The summed E-state index contributed by atoms with van der Waals surface area (Å²) in [4.78, 5) is 0. The van der Waals surface area contributed by atoms with Gasteiger partial charge >= 0.3 is 0 Å². The van der Waals surface area contributed by atoms with Crippen molar-refractivity contribution in [1.29, 1.82) is 0 Å². The molecule has 0 atom stereocenters. The lowest BCUT2D eigenvalue weighted by molar-refractivity contribution is -0.659. The second kappa shape index (κ2) is 38.1. The number of benzene rings is 13. The summed E-state index contributed by atoms with van der Waals surface area (Å²) in [5.41, 5.74) is 32.7. The zero-order valence-corrected chi connectivity index (χ0v) is 74.6. The van der Waals surface area contributed by atoms with Crippen LogP contribution >= 0.6 is 0 Å². The minimum atomic E-state index is -0.219. The Bertz CT molecular complexity index is 6340. The molecule has 0 unspecified atom stereocenters. The molecule has 0 N–H and O–H groups in total. The molecule has 8 nitrogen and oxygen atoms in total. The third kappa shape index (κ3) is 18.4. The maximum Gasteiger partial charge on any atom is 0.294 e. The first-order valence-corrected chi connectivity index (χ1v) is 43.2. The molecule has 17 rings (SSSR count). The molecule has 10 heteroatoms. The Kier molecular flexibility index (Phi) is 26.6. The molecular formula is C113H116F2N8+4. The first kappa shape index (κ1) is 86.0. The van der Waals surface area contributed by atoms with E-state index in [-0.39, 0.29) is 11.6 Å². The predicted molar refractivity (Wildman–Crippen MR) is 506 cm³/mol. The van der Waals surface area contributed by atoms with E-state index in [4.69, 9.17) is 0 Å². The summed E-state index contributed by atoms with van der Waals surface area (Å²) < 4.78 is 45.6. The van der Waals surface area contributed by atoms with E-state index in [0.717, 1.165) is 39.6 Å². The summed E-state index contributed by atoms with van der Waals surface area (Å²) in [5.74, 6) is 6.08. The molecule has 0 saturated heterocycles. The van der Waals surface area contributed by atoms with E-state index in [2.05, 4.69) is 444 Å². The molecule has 0 amide bonds. The molecule has 618 valence electrons. The summed E-state index contributed by atoms with van der Waals surface area (Å²) >= 11 is 0. The fourth-order valence-electron chi connectivity index (χ4n) is 17.2. The number of hydrogen-bond acceptors (Lipinski definition) is 0. The number of nitrogens with zero attached hydrogens (tertiary/aromatic N) is 8. The number of imidazole rings is 4. The van der Waals surface area contributed by atoms with Gasteiger partial charge in [-0.05, 0) is 191 Å². The summed E-state index contributed by atoms with van der Waals surface area (Å²) in [6.07, 6.45) is 17.1. The van der Waals surface area contributed by atoms with Gasteiger partial charge in [0.15, 0.2) is 0 Å². The summed E-state index contributed by atoms with van der Waals surface area (Å²) in [7, 11) is 8.34. The van der Waals surface area contributed by atoms with Crippen molar-refractivity contribution in [3.8, 4) is 124 Å². The van der Waals surface area contributed by atoms with Crippen LogP contribution < -0.4 is 18.3 Å². The molecule has 17 aromatic rings. The molecule has 0 aliphatic heterocycles. The molecule has 123 heavy (non-hydrogen) atoms.